The minimum atomic E-state index is -0.00231. The summed E-state index contributed by atoms with van der Waals surface area (Å²) in [6, 6.07) is 0. The smallest absolute Gasteiger partial charge is 0.0803 e. The van der Waals surface area contributed by atoms with E-state index >= 15 is 0 Å². The first-order valence-corrected chi connectivity index (χ1v) is 2.43. The average Bonchev–Trinajstić information content (AvgIpc) is 1.69. The molecular weight excluding hydrogens is 110 g/mol. The third-order valence-corrected chi connectivity index (χ3v) is 0.924. The number of alkyl halides is 1. The fraction of sp³-hybridized carbons (Fsp3) is 0.200. The van der Waals surface area contributed by atoms with Crippen molar-refractivity contribution in [3.8, 4) is 0 Å². The molecule has 1 nitrogen and oxygen atoms in total. The summed E-state index contributed by atoms with van der Waals surface area (Å²) in [6.07, 6.45) is 5.12. The fourth-order valence-corrected chi connectivity index (χ4v) is 0.459. The van der Waals surface area contributed by atoms with Crippen LogP contribution in [0.3, 0.4) is 0 Å². The molecule has 0 amide bonds. The van der Waals surface area contributed by atoms with Crippen molar-refractivity contribution in [3.05, 3.63) is 18.4 Å². The number of hydrogen-bond donors (Lipinski definition) is 0. The Balaban J connectivity index is 2.77. The molecule has 2 heteroatoms. The van der Waals surface area contributed by atoms with Gasteiger partial charge >= 0.3 is 0 Å². The highest BCUT2D eigenvalue weighted by Crippen LogP contribution is 1.99. The van der Waals surface area contributed by atoms with Gasteiger partial charge in [-0.3, -0.25) is 0 Å². The van der Waals surface area contributed by atoms with Gasteiger partial charge in [-0.15, -0.1) is 11.6 Å². The molecule has 0 saturated carbocycles. The predicted octanol–water partition coefficient (Wildman–Crippen LogP) is 1.35. The maximum Gasteiger partial charge on any atom is 0.0803 e. The summed E-state index contributed by atoms with van der Waals surface area (Å²) in [7, 11) is 0. The molecule has 0 bridgehead atoms. The quantitative estimate of drug-likeness (QED) is 0.421. The van der Waals surface area contributed by atoms with Crippen LogP contribution in [0.1, 0.15) is 0 Å². The highest BCUT2D eigenvalue weighted by atomic mass is 35.5. The maximum absolute atomic E-state index is 5.55. The van der Waals surface area contributed by atoms with Gasteiger partial charge in [0.15, 0.2) is 0 Å². The van der Waals surface area contributed by atoms with Crippen LogP contribution in [-0.4, -0.2) is 11.2 Å². The zero-order valence-electron chi connectivity index (χ0n) is 3.63. The molecule has 0 aromatic carbocycles. The van der Waals surface area contributed by atoms with E-state index in [9.17, 15) is 0 Å². The third-order valence-electron chi connectivity index (χ3n) is 0.653. The molecule has 0 N–H and O–H groups in total. The molecule has 0 fully saturated rings. The highest BCUT2D eigenvalue weighted by molar-refractivity contribution is 6.23. The van der Waals surface area contributed by atoms with Gasteiger partial charge in [-0.1, -0.05) is 0 Å². The summed E-state index contributed by atoms with van der Waals surface area (Å²) in [5.41, 5.74) is 0. The van der Waals surface area contributed by atoms with E-state index in [0.29, 0.717) is 0 Å². The number of nitrogens with zero attached hydrogens (tertiary/aromatic N) is 1. The van der Waals surface area contributed by atoms with Crippen molar-refractivity contribution >= 4 is 17.5 Å². The van der Waals surface area contributed by atoms with Crippen LogP contribution in [0.25, 0.3) is 0 Å². The fourth-order valence-electron chi connectivity index (χ4n) is 0.338. The molecule has 7 heavy (non-hydrogen) atoms. The monoisotopic (exact) mass is 113 g/mol. The van der Waals surface area contributed by atoms with Gasteiger partial charge in [0.1, 0.15) is 0 Å². The molecule has 1 unspecified atom stereocenters. The minimum Gasteiger partial charge on any atom is -0.215 e. The Bertz CT molecular complexity index is 142. The van der Waals surface area contributed by atoms with E-state index in [1.54, 1.807) is 18.4 Å². The minimum absolute atomic E-state index is 0.00231. The summed E-state index contributed by atoms with van der Waals surface area (Å²) in [5, 5.41) is -0.00231. The predicted molar refractivity (Wildman–Crippen MR) is 30.8 cm³/mol. The number of hydrogen-bond acceptors (Lipinski definition) is 1. The van der Waals surface area contributed by atoms with Crippen molar-refractivity contribution in [2.45, 2.75) is 5.38 Å². The molecule has 1 atom stereocenters. The van der Waals surface area contributed by atoms with Gasteiger partial charge in [-0.2, -0.15) is 0 Å². The lowest BCUT2D eigenvalue weighted by atomic mass is 10.4. The number of rotatable bonds is 0. The Kier molecular flexibility index (Phi) is 1.30. The van der Waals surface area contributed by atoms with Gasteiger partial charge < -0.3 is 0 Å². The second-order valence-corrected chi connectivity index (χ2v) is 1.71. The van der Waals surface area contributed by atoms with E-state index in [4.69, 9.17) is 11.6 Å². The molecule has 0 aliphatic carbocycles. The van der Waals surface area contributed by atoms with Gasteiger partial charge in [0.25, 0.3) is 0 Å². The first-order valence-electron chi connectivity index (χ1n) is 1.99. The van der Waals surface area contributed by atoms with Crippen LogP contribution in [-0.2, 0) is 0 Å². The summed E-state index contributed by atoms with van der Waals surface area (Å²) < 4.78 is 0. The van der Waals surface area contributed by atoms with Gasteiger partial charge in [-0.25, -0.2) is 4.99 Å². The van der Waals surface area contributed by atoms with Crippen LogP contribution in [0.4, 0.5) is 0 Å². The molecule has 0 saturated heterocycles. The second-order valence-electron chi connectivity index (χ2n) is 1.21. The van der Waals surface area contributed by atoms with Crippen LogP contribution in [0, 0.1) is 0 Å². The molecule has 1 aliphatic heterocycles. The van der Waals surface area contributed by atoms with Gasteiger partial charge in [0.2, 0.25) is 0 Å². The second kappa shape index (κ2) is 1.97. The zero-order chi connectivity index (χ0) is 5.11. The van der Waals surface area contributed by atoms with Crippen molar-refractivity contribution in [3.63, 3.8) is 0 Å². The van der Waals surface area contributed by atoms with Crippen molar-refractivity contribution in [2.24, 2.45) is 4.99 Å². The maximum atomic E-state index is 5.55. The highest BCUT2D eigenvalue weighted by Gasteiger charge is 1.91. The topological polar surface area (TPSA) is 12.4 Å². The van der Waals surface area contributed by atoms with Crippen LogP contribution in [0.15, 0.2) is 23.3 Å². The Hall–Kier alpha value is -0.520. The van der Waals surface area contributed by atoms with Crippen LogP contribution < -0.4 is 0 Å². The first-order chi connectivity index (χ1) is 3.39. The number of allylic oxidation sites excluding steroid dienone is 2. The van der Waals surface area contributed by atoms with Crippen molar-refractivity contribution in [2.75, 3.05) is 0 Å². The zero-order valence-corrected chi connectivity index (χ0v) is 4.39. The lowest BCUT2D eigenvalue weighted by Gasteiger charge is -1.90. The molecule has 1 rings (SSSR count). The molecule has 36 valence electrons. The van der Waals surface area contributed by atoms with E-state index in [1.165, 1.54) is 0 Å². The Labute approximate surface area is 47.0 Å². The lowest BCUT2D eigenvalue weighted by Crippen LogP contribution is -1.87. The lowest BCUT2D eigenvalue weighted by molar-refractivity contribution is 1.36. The van der Waals surface area contributed by atoms with E-state index in [0.717, 1.165) is 0 Å². The van der Waals surface area contributed by atoms with E-state index in [1.807, 2.05) is 0 Å². The van der Waals surface area contributed by atoms with Crippen molar-refractivity contribution < 1.29 is 0 Å². The van der Waals surface area contributed by atoms with Gasteiger partial charge in [0, 0.05) is 6.20 Å². The normalized spacial score (nSPS) is 26.1. The van der Waals surface area contributed by atoms with E-state index < -0.39 is 0 Å². The Morgan fingerprint density at radius 2 is 2.57 bits per heavy atom. The largest absolute Gasteiger partial charge is 0.215 e. The summed E-state index contributed by atoms with van der Waals surface area (Å²) in [5.74, 6) is 2.62. The molecule has 1 aliphatic rings. The average molecular weight is 114 g/mol. The Morgan fingerprint density at radius 3 is 2.86 bits per heavy atom. The van der Waals surface area contributed by atoms with Crippen LogP contribution in [0.2, 0.25) is 0 Å². The Morgan fingerprint density at radius 1 is 1.71 bits per heavy atom. The van der Waals surface area contributed by atoms with Crippen molar-refractivity contribution in [1.29, 1.82) is 0 Å². The number of halogens is 1. The summed E-state index contributed by atoms with van der Waals surface area (Å²) in [4.78, 5) is 3.66. The summed E-state index contributed by atoms with van der Waals surface area (Å²) in [6.45, 7) is 0. The van der Waals surface area contributed by atoms with E-state index in [-0.39, 0.29) is 5.38 Å². The number of aliphatic imine (C=N–C) groups is 1. The van der Waals surface area contributed by atoms with E-state index in [2.05, 4.69) is 10.9 Å². The van der Waals surface area contributed by atoms with Crippen LogP contribution >= 0.6 is 11.6 Å². The first kappa shape index (κ1) is 4.63. The molecule has 0 aromatic rings. The molecule has 0 spiro atoms. The standard InChI is InChI=1S/C5H4ClN/c6-5-1-3-7-4-2-5/h1-3,5H. The molecule has 0 aromatic heterocycles. The van der Waals surface area contributed by atoms with Gasteiger partial charge in [0.05, 0.1) is 5.38 Å². The SMILES string of the molecule is ClC1C=C=NC=C1. The van der Waals surface area contributed by atoms with Gasteiger partial charge in [-0.05, 0) is 18.0 Å². The summed E-state index contributed by atoms with van der Waals surface area (Å²) >= 11 is 5.55. The molecular formula is C5H4ClN. The molecule has 1 heterocycles. The van der Waals surface area contributed by atoms with Crippen molar-refractivity contribution in [1.82, 2.24) is 0 Å². The third kappa shape index (κ3) is 1.19. The molecule has 0 radical (unpaired) electrons. The van der Waals surface area contributed by atoms with Crippen LogP contribution in [0.5, 0.6) is 0 Å².